The van der Waals surface area contributed by atoms with Crippen LogP contribution < -0.4 is 0 Å². The van der Waals surface area contributed by atoms with E-state index in [1.54, 1.807) is 14.0 Å². The number of esters is 1. The van der Waals surface area contributed by atoms with Gasteiger partial charge in [0, 0.05) is 24.9 Å². The van der Waals surface area contributed by atoms with Gasteiger partial charge in [0.2, 0.25) is 0 Å². The summed E-state index contributed by atoms with van der Waals surface area (Å²) in [6.07, 6.45) is 5.70. The Balaban J connectivity index is 2.02. The van der Waals surface area contributed by atoms with Crippen molar-refractivity contribution in [3.63, 3.8) is 0 Å². The quantitative estimate of drug-likeness (QED) is 0.379. The molecule has 0 bridgehead atoms. The van der Waals surface area contributed by atoms with Crippen LogP contribution in [0.25, 0.3) is 0 Å². The summed E-state index contributed by atoms with van der Waals surface area (Å²) in [5.74, 6) is 0.974. The van der Waals surface area contributed by atoms with Crippen LogP contribution in [0.2, 0.25) is 0 Å². The van der Waals surface area contributed by atoms with E-state index < -0.39 is 11.5 Å². The molecular formula is C24H41NO5. The van der Waals surface area contributed by atoms with Crippen LogP contribution in [-0.2, 0) is 19.1 Å². The largest absolute Gasteiger partial charge is 0.501 e. The fourth-order valence-electron chi connectivity index (χ4n) is 4.49. The molecule has 0 heterocycles. The third-order valence-corrected chi connectivity index (χ3v) is 7.00. The van der Waals surface area contributed by atoms with E-state index in [0.29, 0.717) is 31.8 Å². The number of ketones is 1. The van der Waals surface area contributed by atoms with Crippen LogP contribution in [0.5, 0.6) is 0 Å². The highest BCUT2D eigenvalue weighted by Crippen LogP contribution is 2.38. The first-order chi connectivity index (χ1) is 14.2. The van der Waals surface area contributed by atoms with Gasteiger partial charge in [-0.05, 0) is 84.3 Å². The number of allylic oxidation sites excluding steroid dienone is 2. The molecule has 6 nitrogen and oxygen atoms in total. The third kappa shape index (κ3) is 7.09. The van der Waals surface area contributed by atoms with E-state index in [1.165, 1.54) is 18.4 Å². The van der Waals surface area contributed by atoms with Crippen molar-refractivity contribution in [3.05, 3.63) is 11.3 Å². The molecule has 0 aliphatic heterocycles. The fraction of sp³-hybridized carbons (Fsp3) is 0.833. The lowest BCUT2D eigenvalue weighted by Crippen LogP contribution is -2.55. The van der Waals surface area contributed by atoms with Gasteiger partial charge in [0.25, 0.3) is 0 Å². The first-order valence-corrected chi connectivity index (χ1v) is 11.5. The summed E-state index contributed by atoms with van der Waals surface area (Å²) in [7, 11) is 1.70. The Bertz CT molecular complexity index is 627. The summed E-state index contributed by atoms with van der Waals surface area (Å²) in [6, 6.07) is -0.0521. The zero-order chi connectivity index (χ0) is 22.3. The molecule has 2 aliphatic carbocycles. The van der Waals surface area contributed by atoms with Crippen molar-refractivity contribution in [3.8, 4) is 0 Å². The van der Waals surface area contributed by atoms with Crippen LogP contribution in [0.4, 0.5) is 0 Å². The molecule has 2 fully saturated rings. The molecule has 0 spiro atoms. The van der Waals surface area contributed by atoms with Crippen LogP contribution >= 0.6 is 0 Å². The van der Waals surface area contributed by atoms with Crippen molar-refractivity contribution in [2.45, 2.75) is 90.7 Å². The van der Waals surface area contributed by atoms with Gasteiger partial charge in [-0.15, -0.1) is 0 Å². The topological polar surface area (TPSA) is 76.1 Å². The Morgan fingerprint density at radius 3 is 2.63 bits per heavy atom. The second-order valence-corrected chi connectivity index (χ2v) is 9.24. The van der Waals surface area contributed by atoms with Gasteiger partial charge < -0.3 is 14.6 Å². The molecular weight excluding hydrogens is 382 g/mol. The predicted molar refractivity (Wildman–Crippen MR) is 117 cm³/mol. The minimum absolute atomic E-state index is 0.0521. The number of carbonyl (C=O) groups is 2. The van der Waals surface area contributed by atoms with Crippen molar-refractivity contribution >= 4 is 11.8 Å². The molecule has 0 aromatic carbocycles. The van der Waals surface area contributed by atoms with Gasteiger partial charge >= 0.3 is 5.97 Å². The first-order valence-electron chi connectivity index (χ1n) is 11.5. The Hall–Kier alpha value is -1.40. The lowest BCUT2D eigenvalue weighted by molar-refractivity contribution is -0.151. The molecule has 0 aromatic heterocycles. The van der Waals surface area contributed by atoms with Gasteiger partial charge in [-0.2, -0.15) is 0 Å². The van der Waals surface area contributed by atoms with Gasteiger partial charge in [-0.1, -0.05) is 0 Å². The highest BCUT2D eigenvalue weighted by atomic mass is 16.5. The summed E-state index contributed by atoms with van der Waals surface area (Å²) in [5, 5.41) is 11.5. The zero-order valence-corrected chi connectivity index (χ0v) is 19.5. The molecule has 0 radical (unpaired) electrons. The van der Waals surface area contributed by atoms with Crippen LogP contribution in [0, 0.1) is 11.8 Å². The standard InChI is InChI=1S/C24H41NO5/c1-6-30-23(27)14-21-15-24(28,12-11-22(21)26)19(4)25(16-20-9-10-20)13-7-8-17(2)18(3)29-5/h19-21,28H,6-16H2,1-5H3/b18-17+/t19-,21+,24-/m1/s1. The number of hydrogen-bond acceptors (Lipinski definition) is 6. The summed E-state index contributed by atoms with van der Waals surface area (Å²) in [6.45, 7) is 10.2. The van der Waals surface area contributed by atoms with E-state index in [9.17, 15) is 14.7 Å². The van der Waals surface area contributed by atoms with Gasteiger partial charge in [0.15, 0.2) is 0 Å². The minimum Gasteiger partial charge on any atom is -0.501 e. The number of aliphatic hydroxyl groups is 1. The van der Waals surface area contributed by atoms with Crippen LogP contribution in [0.3, 0.4) is 0 Å². The van der Waals surface area contributed by atoms with Gasteiger partial charge in [-0.3, -0.25) is 14.5 Å². The Labute approximate surface area is 182 Å². The monoisotopic (exact) mass is 423 g/mol. The lowest BCUT2D eigenvalue weighted by atomic mass is 9.72. The van der Waals surface area contributed by atoms with E-state index in [4.69, 9.17) is 9.47 Å². The molecule has 0 aromatic rings. The van der Waals surface area contributed by atoms with Gasteiger partial charge in [-0.25, -0.2) is 0 Å². The molecule has 2 saturated carbocycles. The SMILES string of the molecule is CCOC(=O)C[C@H]1C[C@@](O)([C@@H](C)N(CCC/C(C)=C(\C)OC)CC2CC2)CCC1=O. The number of Topliss-reactive ketones (excluding diaryl/α,β-unsaturated/α-hetero) is 1. The second kappa shape index (κ2) is 11.3. The number of methoxy groups -OCH3 is 1. The van der Waals surface area contributed by atoms with Gasteiger partial charge in [0.1, 0.15) is 5.78 Å². The first kappa shape index (κ1) is 24.9. The molecule has 0 amide bonds. The number of rotatable bonds is 12. The minimum atomic E-state index is -0.951. The summed E-state index contributed by atoms with van der Waals surface area (Å²) < 4.78 is 10.4. The normalized spacial score (nSPS) is 26.4. The smallest absolute Gasteiger partial charge is 0.306 e. The van der Waals surface area contributed by atoms with E-state index in [0.717, 1.165) is 31.7 Å². The van der Waals surface area contributed by atoms with E-state index in [2.05, 4.69) is 18.7 Å². The molecule has 0 unspecified atom stereocenters. The van der Waals surface area contributed by atoms with Crippen LogP contribution in [0.1, 0.15) is 79.1 Å². The molecule has 2 rings (SSSR count). The van der Waals surface area contributed by atoms with Crippen molar-refractivity contribution in [2.75, 3.05) is 26.8 Å². The second-order valence-electron chi connectivity index (χ2n) is 9.24. The highest BCUT2D eigenvalue weighted by Gasteiger charge is 2.45. The van der Waals surface area contributed by atoms with Crippen molar-refractivity contribution < 1.29 is 24.2 Å². The number of ether oxygens (including phenoxy) is 2. The zero-order valence-electron chi connectivity index (χ0n) is 19.5. The van der Waals surface area contributed by atoms with Crippen LogP contribution in [-0.4, -0.2) is 60.2 Å². The highest BCUT2D eigenvalue weighted by molar-refractivity contribution is 5.86. The number of carbonyl (C=O) groups excluding carboxylic acids is 2. The molecule has 1 N–H and O–H groups in total. The average molecular weight is 424 g/mol. The maximum absolute atomic E-state index is 12.4. The van der Waals surface area contributed by atoms with E-state index in [-0.39, 0.29) is 24.2 Å². The lowest BCUT2D eigenvalue weighted by Gasteiger charge is -2.45. The molecule has 2 aliphatic rings. The summed E-state index contributed by atoms with van der Waals surface area (Å²) >= 11 is 0. The van der Waals surface area contributed by atoms with E-state index in [1.807, 2.05) is 6.92 Å². The summed E-state index contributed by atoms with van der Waals surface area (Å²) in [4.78, 5) is 26.7. The van der Waals surface area contributed by atoms with Gasteiger partial charge in [0.05, 0.1) is 31.5 Å². The molecule has 0 saturated heterocycles. The van der Waals surface area contributed by atoms with E-state index >= 15 is 0 Å². The van der Waals surface area contributed by atoms with Crippen LogP contribution in [0.15, 0.2) is 11.3 Å². The Morgan fingerprint density at radius 2 is 2.03 bits per heavy atom. The maximum Gasteiger partial charge on any atom is 0.306 e. The Kier molecular flexibility index (Phi) is 9.35. The molecule has 30 heavy (non-hydrogen) atoms. The van der Waals surface area contributed by atoms with Crippen molar-refractivity contribution in [1.82, 2.24) is 4.90 Å². The molecule has 3 atom stereocenters. The summed E-state index contributed by atoms with van der Waals surface area (Å²) in [5.41, 5.74) is 0.306. The average Bonchev–Trinajstić information content (AvgIpc) is 3.53. The third-order valence-electron chi connectivity index (χ3n) is 7.00. The molecule has 172 valence electrons. The predicted octanol–water partition coefficient (Wildman–Crippen LogP) is 3.86. The fourth-order valence-corrected chi connectivity index (χ4v) is 4.49. The van der Waals surface area contributed by atoms with Crippen molar-refractivity contribution in [1.29, 1.82) is 0 Å². The Morgan fingerprint density at radius 1 is 1.33 bits per heavy atom. The number of nitrogens with zero attached hydrogens (tertiary/aromatic N) is 1. The number of hydrogen-bond donors (Lipinski definition) is 1. The maximum atomic E-state index is 12.4. The van der Waals surface area contributed by atoms with Crippen molar-refractivity contribution in [2.24, 2.45) is 11.8 Å². The molecule has 6 heteroatoms.